The first kappa shape index (κ1) is 19.2. The number of hydrogen-bond donors (Lipinski definition) is 0. The molecule has 1 aliphatic rings. The fourth-order valence-electron chi connectivity index (χ4n) is 3.84. The van der Waals surface area contributed by atoms with Gasteiger partial charge in [-0.05, 0) is 46.0 Å². The van der Waals surface area contributed by atoms with Gasteiger partial charge >= 0.3 is 0 Å². The van der Waals surface area contributed by atoms with Gasteiger partial charge in [0.15, 0.2) is 5.82 Å². The molecule has 1 saturated heterocycles. The zero-order chi connectivity index (χ0) is 19.2. The van der Waals surface area contributed by atoms with Crippen molar-refractivity contribution in [2.75, 3.05) is 26.2 Å². The van der Waals surface area contributed by atoms with Crippen molar-refractivity contribution < 1.29 is 0 Å². The molecule has 4 heterocycles. The number of pyridine rings is 1. The Hall–Kier alpha value is -2.16. The third-order valence-electron chi connectivity index (χ3n) is 5.31. The second kappa shape index (κ2) is 9.36. The van der Waals surface area contributed by atoms with E-state index in [-0.39, 0.29) is 6.04 Å². The van der Waals surface area contributed by atoms with E-state index in [9.17, 15) is 0 Å². The van der Waals surface area contributed by atoms with E-state index in [1.54, 1.807) is 11.3 Å². The van der Waals surface area contributed by atoms with Crippen LogP contribution in [-0.2, 0) is 13.1 Å². The predicted octanol–water partition coefficient (Wildman–Crippen LogP) is 2.84. The van der Waals surface area contributed by atoms with Gasteiger partial charge in [0.1, 0.15) is 0 Å². The quantitative estimate of drug-likeness (QED) is 0.582. The van der Waals surface area contributed by atoms with Crippen LogP contribution in [0.1, 0.15) is 42.1 Å². The van der Waals surface area contributed by atoms with Crippen molar-refractivity contribution in [1.29, 1.82) is 0 Å². The largest absolute Gasteiger partial charge is 0.297 e. The minimum absolute atomic E-state index is 0.281. The van der Waals surface area contributed by atoms with Crippen molar-refractivity contribution in [1.82, 2.24) is 35.0 Å². The Balaban J connectivity index is 1.41. The highest BCUT2D eigenvalue weighted by atomic mass is 32.1. The summed E-state index contributed by atoms with van der Waals surface area (Å²) in [7, 11) is 0. The van der Waals surface area contributed by atoms with Gasteiger partial charge in [-0.15, -0.1) is 16.4 Å². The monoisotopic (exact) mass is 397 g/mol. The smallest absolute Gasteiger partial charge is 0.168 e. The summed E-state index contributed by atoms with van der Waals surface area (Å²) >= 11 is 1.75. The lowest BCUT2D eigenvalue weighted by Crippen LogP contribution is -2.47. The molecule has 4 rings (SSSR count). The number of hydrogen-bond acceptors (Lipinski definition) is 7. The molecule has 0 N–H and O–H groups in total. The Kier molecular flexibility index (Phi) is 6.41. The Morgan fingerprint density at radius 3 is 2.61 bits per heavy atom. The number of thiophene rings is 1. The molecule has 0 radical (unpaired) electrons. The Labute approximate surface area is 170 Å². The van der Waals surface area contributed by atoms with E-state index in [1.165, 1.54) is 10.4 Å². The van der Waals surface area contributed by atoms with Crippen LogP contribution in [0.2, 0.25) is 0 Å². The molecule has 28 heavy (non-hydrogen) atoms. The van der Waals surface area contributed by atoms with Crippen LogP contribution < -0.4 is 0 Å². The molecule has 0 bridgehead atoms. The molecule has 0 unspecified atom stereocenters. The summed E-state index contributed by atoms with van der Waals surface area (Å²) in [6, 6.07) is 8.71. The lowest BCUT2D eigenvalue weighted by atomic mass is 10.1. The molecule has 0 spiro atoms. The molecule has 0 saturated carbocycles. The summed E-state index contributed by atoms with van der Waals surface area (Å²) < 4.78 is 1.98. The molecule has 1 aliphatic heterocycles. The van der Waals surface area contributed by atoms with E-state index in [1.807, 2.05) is 17.1 Å². The van der Waals surface area contributed by atoms with Crippen LogP contribution in [0.25, 0.3) is 0 Å². The van der Waals surface area contributed by atoms with Gasteiger partial charge in [0.2, 0.25) is 0 Å². The second-order valence-electron chi connectivity index (χ2n) is 7.25. The lowest BCUT2D eigenvalue weighted by Gasteiger charge is -2.38. The van der Waals surface area contributed by atoms with Gasteiger partial charge in [-0.3, -0.25) is 14.8 Å². The molecular formula is C20H27N7S. The van der Waals surface area contributed by atoms with E-state index in [2.05, 4.69) is 66.9 Å². The molecular weight excluding hydrogens is 370 g/mol. The molecule has 8 heteroatoms. The summed E-state index contributed by atoms with van der Waals surface area (Å²) in [5.74, 6) is 0.998. The zero-order valence-electron chi connectivity index (χ0n) is 16.3. The van der Waals surface area contributed by atoms with Crippen molar-refractivity contribution in [2.45, 2.75) is 38.9 Å². The van der Waals surface area contributed by atoms with Gasteiger partial charge in [-0.25, -0.2) is 4.68 Å². The molecule has 148 valence electrons. The molecule has 1 atom stereocenters. The maximum atomic E-state index is 4.42. The van der Waals surface area contributed by atoms with Crippen LogP contribution >= 0.6 is 11.3 Å². The number of tetrazole rings is 1. The third kappa shape index (κ3) is 4.63. The van der Waals surface area contributed by atoms with Crippen molar-refractivity contribution in [3.63, 3.8) is 0 Å². The lowest BCUT2D eigenvalue weighted by molar-refractivity contribution is 0.0821. The molecule has 0 aromatic carbocycles. The average molecular weight is 398 g/mol. The van der Waals surface area contributed by atoms with Gasteiger partial charge in [0.25, 0.3) is 0 Å². The summed E-state index contributed by atoms with van der Waals surface area (Å²) in [6.07, 6.45) is 5.94. The van der Waals surface area contributed by atoms with Gasteiger partial charge in [0.05, 0.1) is 12.6 Å². The van der Waals surface area contributed by atoms with Gasteiger partial charge < -0.3 is 0 Å². The first-order valence-electron chi connectivity index (χ1n) is 9.97. The standard InChI is InChI=1S/C20H27N7S/c1-2-4-19(20-22-23-24-27(20)16-18-5-3-14-28-18)26-12-10-25(11-13-26)15-17-6-8-21-9-7-17/h3,5-9,14,19H,2,4,10-13,15-16H2,1H3/t19-/m1/s1. The van der Waals surface area contributed by atoms with E-state index < -0.39 is 0 Å². The third-order valence-corrected chi connectivity index (χ3v) is 6.17. The van der Waals surface area contributed by atoms with Gasteiger partial charge in [-0.2, -0.15) is 0 Å². The molecule has 1 fully saturated rings. The minimum atomic E-state index is 0.281. The highest BCUT2D eigenvalue weighted by Crippen LogP contribution is 2.26. The minimum Gasteiger partial charge on any atom is -0.297 e. The van der Waals surface area contributed by atoms with Crippen molar-refractivity contribution in [2.24, 2.45) is 0 Å². The van der Waals surface area contributed by atoms with E-state index in [0.717, 1.165) is 57.9 Å². The van der Waals surface area contributed by atoms with Crippen LogP contribution in [0.15, 0.2) is 42.0 Å². The van der Waals surface area contributed by atoms with Gasteiger partial charge in [-0.1, -0.05) is 19.4 Å². The number of rotatable bonds is 8. The Morgan fingerprint density at radius 1 is 1.07 bits per heavy atom. The first-order chi connectivity index (χ1) is 13.8. The van der Waals surface area contributed by atoms with E-state index in [0.29, 0.717) is 0 Å². The number of piperazine rings is 1. The topological polar surface area (TPSA) is 63.0 Å². The maximum Gasteiger partial charge on any atom is 0.168 e. The molecule has 3 aromatic rings. The summed E-state index contributed by atoms with van der Waals surface area (Å²) in [5, 5.41) is 14.8. The average Bonchev–Trinajstić information content (AvgIpc) is 3.40. The molecule has 0 aliphatic carbocycles. The summed E-state index contributed by atoms with van der Waals surface area (Å²) in [4.78, 5) is 10.5. The van der Waals surface area contributed by atoms with Crippen molar-refractivity contribution >= 4 is 11.3 Å². The maximum absolute atomic E-state index is 4.42. The van der Waals surface area contributed by atoms with E-state index in [4.69, 9.17) is 0 Å². The van der Waals surface area contributed by atoms with Crippen LogP contribution in [0, 0.1) is 0 Å². The summed E-state index contributed by atoms with van der Waals surface area (Å²) in [5.41, 5.74) is 1.33. The fourth-order valence-corrected chi connectivity index (χ4v) is 4.53. The highest BCUT2D eigenvalue weighted by Gasteiger charge is 2.28. The number of aromatic nitrogens is 5. The predicted molar refractivity (Wildman–Crippen MR) is 110 cm³/mol. The van der Waals surface area contributed by atoms with Crippen molar-refractivity contribution in [3.05, 3.63) is 58.3 Å². The SMILES string of the molecule is CCC[C@H](c1nnnn1Cc1cccs1)N1CCN(Cc2ccncc2)CC1. The summed E-state index contributed by atoms with van der Waals surface area (Å²) in [6.45, 7) is 8.19. The highest BCUT2D eigenvalue weighted by molar-refractivity contribution is 7.09. The molecule has 3 aromatic heterocycles. The fraction of sp³-hybridized carbons (Fsp3) is 0.500. The zero-order valence-corrected chi connectivity index (χ0v) is 17.1. The molecule has 7 nitrogen and oxygen atoms in total. The second-order valence-corrected chi connectivity index (χ2v) is 8.28. The first-order valence-corrected chi connectivity index (χ1v) is 10.8. The van der Waals surface area contributed by atoms with E-state index >= 15 is 0 Å². The van der Waals surface area contributed by atoms with Crippen LogP contribution in [0.5, 0.6) is 0 Å². The normalized spacial score (nSPS) is 17.0. The van der Waals surface area contributed by atoms with Crippen LogP contribution in [0.4, 0.5) is 0 Å². The van der Waals surface area contributed by atoms with Crippen LogP contribution in [0.3, 0.4) is 0 Å². The molecule has 0 amide bonds. The number of nitrogens with zero attached hydrogens (tertiary/aromatic N) is 7. The van der Waals surface area contributed by atoms with Crippen LogP contribution in [-0.4, -0.2) is 61.2 Å². The Bertz CT molecular complexity index is 825. The Morgan fingerprint density at radius 2 is 1.89 bits per heavy atom. The van der Waals surface area contributed by atoms with Crippen molar-refractivity contribution in [3.8, 4) is 0 Å². The van der Waals surface area contributed by atoms with Gasteiger partial charge in [0, 0.05) is 50.0 Å².